The molecule has 3 unspecified atom stereocenters. The van der Waals surface area contributed by atoms with E-state index in [9.17, 15) is 13.5 Å². The molecule has 0 saturated heterocycles. The molecule has 1 N–H and O–H groups in total. The van der Waals surface area contributed by atoms with Crippen LogP contribution in [0.5, 0.6) is 0 Å². The summed E-state index contributed by atoms with van der Waals surface area (Å²) in [6.45, 7) is 2.38. The standard InChI is InChI=1S/C15H26O3S/c1-14-6-11-5-12(7-14)9-15(8-11,10-14)13(16)3-4-19(2,17)18/h11-13,16H,3-10H2,1-2H3. The highest BCUT2D eigenvalue weighted by Gasteiger charge is 2.57. The summed E-state index contributed by atoms with van der Waals surface area (Å²) >= 11 is 0. The van der Waals surface area contributed by atoms with Crippen LogP contribution in [0.4, 0.5) is 0 Å². The van der Waals surface area contributed by atoms with Crippen LogP contribution in [0, 0.1) is 22.7 Å². The molecule has 110 valence electrons. The second-order valence-corrected chi connectivity index (χ2v) is 10.3. The van der Waals surface area contributed by atoms with Gasteiger partial charge in [-0.3, -0.25) is 0 Å². The fraction of sp³-hybridized carbons (Fsp3) is 1.00. The molecule has 0 heterocycles. The first-order valence-electron chi connectivity index (χ1n) is 7.56. The lowest BCUT2D eigenvalue weighted by atomic mass is 9.43. The zero-order valence-electron chi connectivity index (χ0n) is 12.1. The monoisotopic (exact) mass is 286 g/mol. The Bertz CT molecular complexity index is 454. The Morgan fingerprint density at radius 3 is 2.26 bits per heavy atom. The predicted molar refractivity (Wildman–Crippen MR) is 75.6 cm³/mol. The highest BCUT2D eigenvalue weighted by Crippen LogP contribution is 2.66. The second-order valence-electron chi connectivity index (χ2n) is 8.07. The molecule has 0 aliphatic heterocycles. The van der Waals surface area contributed by atoms with Crippen molar-refractivity contribution in [2.75, 3.05) is 12.0 Å². The van der Waals surface area contributed by atoms with Gasteiger partial charge in [-0.15, -0.1) is 0 Å². The van der Waals surface area contributed by atoms with Crippen LogP contribution < -0.4 is 0 Å². The summed E-state index contributed by atoms with van der Waals surface area (Å²) in [6.07, 6.45) is 8.62. The molecule has 3 atom stereocenters. The predicted octanol–water partition coefficient (Wildman–Crippen LogP) is 2.39. The van der Waals surface area contributed by atoms with E-state index in [0.29, 0.717) is 11.8 Å². The molecule has 4 heteroatoms. The Balaban J connectivity index is 1.76. The van der Waals surface area contributed by atoms with Crippen molar-refractivity contribution in [2.24, 2.45) is 22.7 Å². The molecule has 4 rings (SSSR count). The third kappa shape index (κ3) is 2.58. The summed E-state index contributed by atoms with van der Waals surface area (Å²) in [6, 6.07) is 0. The Kier molecular flexibility index (Phi) is 3.07. The van der Waals surface area contributed by atoms with E-state index < -0.39 is 15.9 Å². The van der Waals surface area contributed by atoms with Crippen molar-refractivity contribution >= 4 is 9.84 Å². The number of sulfone groups is 1. The average Bonchev–Trinajstić information content (AvgIpc) is 2.21. The minimum atomic E-state index is -2.97. The Hall–Kier alpha value is -0.0900. The van der Waals surface area contributed by atoms with Crippen LogP contribution in [-0.4, -0.2) is 31.6 Å². The minimum Gasteiger partial charge on any atom is -0.393 e. The number of aliphatic hydroxyl groups is 1. The van der Waals surface area contributed by atoms with Crippen molar-refractivity contribution in [2.45, 2.75) is 58.0 Å². The molecule has 0 spiro atoms. The van der Waals surface area contributed by atoms with Gasteiger partial charge in [0, 0.05) is 6.26 Å². The fourth-order valence-electron chi connectivity index (χ4n) is 5.82. The van der Waals surface area contributed by atoms with Crippen LogP contribution in [0.25, 0.3) is 0 Å². The highest BCUT2D eigenvalue weighted by atomic mass is 32.2. The van der Waals surface area contributed by atoms with E-state index in [4.69, 9.17) is 0 Å². The molecule has 4 fully saturated rings. The number of rotatable bonds is 4. The van der Waals surface area contributed by atoms with Gasteiger partial charge >= 0.3 is 0 Å². The molecule has 4 bridgehead atoms. The number of hydrogen-bond acceptors (Lipinski definition) is 3. The van der Waals surface area contributed by atoms with Gasteiger partial charge in [0.1, 0.15) is 9.84 Å². The van der Waals surface area contributed by atoms with Crippen molar-refractivity contribution in [1.29, 1.82) is 0 Å². The lowest BCUT2D eigenvalue weighted by Crippen LogP contribution is -2.55. The quantitative estimate of drug-likeness (QED) is 0.863. The molecular formula is C15H26O3S. The zero-order chi connectivity index (χ0) is 13.9. The average molecular weight is 286 g/mol. The lowest BCUT2D eigenvalue weighted by Gasteiger charge is -2.62. The smallest absolute Gasteiger partial charge is 0.147 e. The van der Waals surface area contributed by atoms with Crippen LogP contribution in [0.1, 0.15) is 51.9 Å². The first-order chi connectivity index (χ1) is 8.70. The summed E-state index contributed by atoms with van der Waals surface area (Å²) in [5.41, 5.74) is 0.444. The molecule has 0 aromatic rings. The van der Waals surface area contributed by atoms with E-state index in [1.165, 1.54) is 25.5 Å². The maximum Gasteiger partial charge on any atom is 0.147 e. The van der Waals surface area contributed by atoms with Crippen LogP contribution in [0.15, 0.2) is 0 Å². The van der Waals surface area contributed by atoms with Gasteiger partial charge in [-0.05, 0) is 67.6 Å². The summed E-state index contributed by atoms with van der Waals surface area (Å²) in [7, 11) is -2.97. The molecule has 3 nitrogen and oxygen atoms in total. The van der Waals surface area contributed by atoms with Crippen molar-refractivity contribution in [3.05, 3.63) is 0 Å². The van der Waals surface area contributed by atoms with Crippen molar-refractivity contribution in [3.63, 3.8) is 0 Å². The molecule has 0 amide bonds. The fourth-order valence-corrected chi connectivity index (χ4v) is 6.47. The third-order valence-corrected chi connectivity index (χ3v) is 6.85. The molecule has 19 heavy (non-hydrogen) atoms. The maximum atomic E-state index is 11.3. The van der Waals surface area contributed by atoms with E-state index >= 15 is 0 Å². The molecule has 4 saturated carbocycles. The number of hydrogen-bond donors (Lipinski definition) is 1. The van der Waals surface area contributed by atoms with Crippen LogP contribution in [0.3, 0.4) is 0 Å². The maximum absolute atomic E-state index is 11.3. The summed E-state index contributed by atoms with van der Waals surface area (Å²) < 4.78 is 22.6. The van der Waals surface area contributed by atoms with E-state index in [-0.39, 0.29) is 11.2 Å². The van der Waals surface area contributed by atoms with Crippen molar-refractivity contribution in [3.8, 4) is 0 Å². The van der Waals surface area contributed by atoms with Crippen molar-refractivity contribution in [1.82, 2.24) is 0 Å². The van der Waals surface area contributed by atoms with E-state index in [1.54, 1.807) is 0 Å². The van der Waals surface area contributed by atoms with Gasteiger partial charge in [0.15, 0.2) is 0 Å². The first-order valence-corrected chi connectivity index (χ1v) is 9.62. The van der Waals surface area contributed by atoms with E-state index in [0.717, 1.165) is 31.1 Å². The Morgan fingerprint density at radius 1 is 1.21 bits per heavy atom. The SMILES string of the molecule is CC12CC3CC(C1)CC(C(O)CCS(C)(=O)=O)(C3)C2. The van der Waals surface area contributed by atoms with Crippen LogP contribution >= 0.6 is 0 Å². The lowest BCUT2D eigenvalue weighted by molar-refractivity contribution is -0.153. The van der Waals surface area contributed by atoms with Gasteiger partial charge in [0.05, 0.1) is 11.9 Å². The van der Waals surface area contributed by atoms with Gasteiger partial charge in [-0.2, -0.15) is 0 Å². The Morgan fingerprint density at radius 2 is 1.79 bits per heavy atom. The van der Waals surface area contributed by atoms with Gasteiger partial charge in [-0.1, -0.05) is 6.92 Å². The second kappa shape index (κ2) is 4.20. The number of aliphatic hydroxyl groups excluding tert-OH is 1. The topological polar surface area (TPSA) is 54.4 Å². The van der Waals surface area contributed by atoms with Crippen LogP contribution in [-0.2, 0) is 9.84 Å². The molecule has 0 aromatic heterocycles. The van der Waals surface area contributed by atoms with Crippen molar-refractivity contribution < 1.29 is 13.5 Å². The van der Waals surface area contributed by atoms with Crippen LogP contribution in [0.2, 0.25) is 0 Å². The highest BCUT2D eigenvalue weighted by molar-refractivity contribution is 7.90. The molecule has 4 aliphatic rings. The minimum absolute atomic E-state index is 0.0313. The zero-order valence-corrected chi connectivity index (χ0v) is 12.9. The van der Waals surface area contributed by atoms with Gasteiger partial charge in [0.25, 0.3) is 0 Å². The molecule has 0 radical (unpaired) electrons. The Labute approximate surface area is 116 Å². The summed E-state index contributed by atoms with van der Waals surface area (Å²) in [5, 5.41) is 10.6. The van der Waals surface area contributed by atoms with Gasteiger partial charge < -0.3 is 5.11 Å². The van der Waals surface area contributed by atoms with E-state index in [2.05, 4.69) is 6.92 Å². The summed E-state index contributed by atoms with van der Waals surface area (Å²) in [4.78, 5) is 0. The van der Waals surface area contributed by atoms with Gasteiger partial charge in [-0.25, -0.2) is 8.42 Å². The third-order valence-electron chi connectivity index (χ3n) is 5.87. The first kappa shape index (κ1) is 13.9. The largest absolute Gasteiger partial charge is 0.393 e. The summed E-state index contributed by atoms with van der Waals surface area (Å²) in [5.74, 6) is 1.68. The van der Waals surface area contributed by atoms with E-state index in [1.807, 2.05) is 0 Å². The molecule has 0 aromatic carbocycles. The van der Waals surface area contributed by atoms with Gasteiger partial charge in [0.2, 0.25) is 0 Å². The molecule has 4 aliphatic carbocycles. The normalized spacial score (nSPS) is 46.5. The molecular weight excluding hydrogens is 260 g/mol.